The molecule has 3 heteroatoms. The van der Waals surface area contributed by atoms with Gasteiger partial charge in [-0.25, -0.2) is 0 Å². The van der Waals surface area contributed by atoms with Crippen LogP contribution in [0, 0.1) is 0 Å². The van der Waals surface area contributed by atoms with Crippen molar-refractivity contribution < 1.29 is 4.74 Å². The molecule has 0 aliphatic rings. The van der Waals surface area contributed by atoms with Crippen molar-refractivity contribution in [3.05, 3.63) is 22.4 Å². The summed E-state index contributed by atoms with van der Waals surface area (Å²) in [5.41, 5.74) is -0.0516. The number of hydrogen-bond donors (Lipinski definition) is 1. The third-order valence-corrected chi connectivity index (χ3v) is 2.74. The fourth-order valence-electron chi connectivity index (χ4n) is 1.46. The van der Waals surface area contributed by atoms with Crippen LogP contribution in [0.2, 0.25) is 0 Å². The second kappa shape index (κ2) is 5.64. The number of ether oxygens (including phenoxy) is 1. The van der Waals surface area contributed by atoms with E-state index >= 15 is 0 Å². The lowest BCUT2D eigenvalue weighted by atomic mass is 10.2. The summed E-state index contributed by atoms with van der Waals surface area (Å²) < 4.78 is 5.80. The van der Waals surface area contributed by atoms with Gasteiger partial charge < -0.3 is 10.1 Å². The Morgan fingerprint density at radius 3 is 2.73 bits per heavy atom. The zero-order valence-corrected chi connectivity index (χ0v) is 10.9. The van der Waals surface area contributed by atoms with Crippen LogP contribution >= 0.6 is 11.3 Å². The third kappa shape index (κ3) is 5.92. The fraction of sp³-hybridized carbons (Fsp3) is 0.667. The van der Waals surface area contributed by atoms with Crippen LogP contribution in [0.1, 0.15) is 32.6 Å². The Morgan fingerprint density at radius 2 is 2.20 bits per heavy atom. The maximum absolute atomic E-state index is 5.80. The summed E-state index contributed by atoms with van der Waals surface area (Å²) >= 11 is 1.78. The van der Waals surface area contributed by atoms with Crippen molar-refractivity contribution in [3.63, 3.8) is 0 Å². The van der Waals surface area contributed by atoms with Crippen LogP contribution in [0.4, 0.5) is 0 Å². The molecule has 0 radical (unpaired) electrons. The number of rotatable bonds is 5. The van der Waals surface area contributed by atoms with Crippen molar-refractivity contribution in [2.24, 2.45) is 0 Å². The molecule has 0 saturated carbocycles. The SMILES string of the molecule is CC(CNCc1cccs1)OC(C)(C)C. The summed E-state index contributed by atoms with van der Waals surface area (Å²) in [6.07, 6.45) is 0.255. The largest absolute Gasteiger partial charge is 0.372 e. The van der Waals surface area contributed by atoms with Crippen LogP contribution in [0.3, 0.4) is 0 Å². The van der Waals surface area contributed by atoms with Gasteiger partial charge >= 0.3 is 0 Å². The highest BCUT2D eigenvalue weighted by Gasteiger charge is 2.14. The van der Waals surface area contributed by atoms with Gasteiger partial charge in [0.2, 0.25) is 0 Å². The van der Waals surface area contributed by atoms with Gasteiger partial charge in [0.05, 0.1) is 11.7 Å². The molecule has 0 aliphatic heterocycles. The van der Waals surface area contributed by atoms with E-state index in [2.05, 4.69) is 50.5 Å². The van der Waals surface area contributed by atoms with Crippen LogP contribution in [-0.4, -0.2) is 18.2 Å². The van der Waals surface area contributed by atoms with Gasteiger partial charge in [-0.05, 0) is 39.1 Å². The molecule has 1 aromatic heterocycles. The van der Waals surface area contributed by atoms with Crippen LogP contribution < -0.4 is 5.32 Å². The molecule has 1 heterocycles. The van der Waals surface area contributed by atoms with E-state index in [0.717, 1.165) is 13.1 Å². The van der Waals surface area contributed by atoms with Crippen molar-refractivity contribution >= 4 is 11.3 Å². The Balaban J connectivity index is 2.15. The molecule has 0 aromatic carbocycles. The van der Waals surface area contributed by atoms with E-state index in [1.807, 2.05) is 0 Å². The van der Waals surface area contributed by atoms with E-state index in [0.29, 0.717) is 0 Å². The van der Waals surface area contributed by atoms with Gasteiger partial charge in [-0.1, -0.05) is 6.07 Å². The molecule has 1 aromatic rings. The average molecular weight is 227 g/mol. The van der Waals surface area contributed by atoms with Gasteiger partial charge in [0.15, 0.2) is 0 Å². The highest BCUT2D eigenvalue weighted by molar-refractivity contribution is 7.09. The Kier molecular flexibility index (Phi) is 4.77. The Morgan fingerprint density at radius 1 is 1.47 bits per heavy atom. The van der Waals surface area contributed by atoms with E-state index in [4.69, 9.17) is 4.74 Å². The molecule has 1 unspecified atom stereocenters. The van der Waals surface area contributed by atoms with Gasteiger partial charge in [-0.15, -0.1) is 11.3 Å². The van der Waals surface area contributed by atoms with Crippen molar-refractivity contribution in [2.75, 3.05) is 6.54 Å². The van der Waals surface area contributed by atoms with Crippen LogP contribution in [-0.2, 0) is 11.3 Å². The van der Waals surface area contributed by atoms with E-state index in [1.54, 1.807) is 11.3 Å². The van der Waals surface area contributed by atoms with Crippen molar-refractivity contribution in [2.45, 2.75) is 45.9 Å². The first-order chi connectivity index (χ1) is 6.97. The monoisotopic (exact) mass is 227 g/mol. The van der Waals surface area contributed by atoms with Gasteiger partial charge in [-0.2, -0.15) is 0 Å². The summed E-state index contributed by atoms with van der Waals surface area (Å²) in [6, 6.07) is 4.23. The maximum Gasteiger partial charge on any atom is 0.0678 e. The number of hydrogen-bond acceptors (Lipinski definition) is 3. The molecule has 0 spiro atoms. The smallest absolute Gasteiger partial charge is 0.0678 e. The van der Waals surface area contributed by atoms with Crippen LogP contribution in [0.5, 0.6) is 0 Å². The maximum atomic E-state index is 5.80. The summed E-state index contributed by atoms with van der Waals surface area (Å²) in [6.45, 7) is 10.2. The first kappa shape index (κ1) is 12.7. The zero-order chi connectivity index (χ0) is 11.3. The number of thiophene rings is 1. The fourth-order valence-corrected chi connectivity index (χ4v) is 2.13. The van der Waals surface area contributed by atoms with E-state index in [9.17, 15) is 0 Å². The molecule has 0 fully saturated rings. The molecule has 1 atom stereocenters. The highest BCUT2D eigenvalue weighted by atomic mass is 32.1. The Hall–Kier alpha value is -0.380. The summed E-state index contributed by atoms with van der Waals surface area (Å²) in [7, 11) is 0. The lowest BCUT2D eigenvalue weighted by Crippen LogP contribution is -2.33. The third-order valence-electron chi connectivity index (χ3n) is 1.87. The molecule has 2 nitrogen and oxygen atoms in total. The quantitative estimate of drug-likeness (QED) is 0.835. The minimum atomic E-state index is -0.0516. The highest BCUT2D eigenvalue weighted by Crippen LogP contribution is 2.11. The lowest BCUT2D eigenvalue weighted by Gasteiger charge is -2.25. The van der Waals surface area contributed by atoms with Gasteiger partial charge in [0, 0.05) is 18.0 Å². The molecule has 0 bridgehead atoms. The molecule has 1 rings (SSSR count). The summed E-state index contributed by atoms with van der Waals surface area (Å²) in [5, 5.41) is 5.50. The molecular weight excluding hydrogens is 206 g/mol. The van der Waals surface area contributed by atoms with E-state index < -0.39 is 0 Å². The minimum absolute atomic E-state index is 0.0516. The molecular formula is C12H21NOS. The standard InChI is InChI=1S/C12H21NOS/c1-10(14-12(2,3)4)8-13-9-11-6-5-7-15-11/h5-7,10,13H,8-9H2,1-4H3. The van der Waals surface area contributed by atoms with Gasteiger partial charge in [0.1, 0.15) is 0 Å². The van der Waals surface area contributed by atoms with Crippen LogP contribution in [0.15, 0.2) is 17.5 Å². The second-order valence-electron chi connectivity index (χ2n) is 4.75. The summed E-state index contributed by atoms with van der Waals surface area (Å²) in [5.74, 6) is 0. The molecule has 0 saturated heterocycles. The van der Waals surface area contributed by atoms with E-state index in [1.165, 1.54) is 4.88 Å². The zero-order valence-electron chi connectivity index (χ0n) is 10.0. The second-order valence-corrected chi connectivity index (χ2v) is 5.78. The minimum Gasteiger partial charge on any atom is -0.372 e. The first-order valence-electron chi connectivity index (χ1n) is 5.38. The van der Waals surface area contributed by atoms with Crippen molar-refractivity contribution in [3.8, 4) is 0 Å². The van der Waals surface area contributed by atoms with Crippen molar-refractivity contribution in [1.29, 1.82) is 0 Å². The predicted octanol–water partition coefficient (Wildman–Crippen LogP) is 3.04. The van der Waals surface area contributed by atoms with Crippen LogP contribution in [0.25, 0.3) is 0 Å². The van der Waals surface area contributed by atoms with E-state index in [-0.39, 0.29) is 11.7 Å². The molecule has 1 N–H and O–H groups in total. The molecule has 86 valence electrons. The molecule has 0 aliphatic carbocycles. The first-order valence-corrected chi connectivity index (χ1v) is 6.26. The predicted molar refractivity (Wildman–Crippen MR) is 66.3 cm³/mol. The lowest BCUT2D eigenvalue weighted by molar-refractivity contribution is -0.0499. The van der Waals surface area contributed by atoms with Gasteiger partial charge in [-0.3, -0.25) is 0 Å². The van der Waals surface area contributed by atoms with Crippen molar-refractivity contribution in [1.82, 2.24) is 5.32 Å². The Labute approximate surface area is 96.7 Å². The summed E-state index contributed by atoms with van der Waals surface area (Å²) in [4.78, 5) is 1.37. The topological polar surface area (TPSA) is 21.3 Å². The average Bonchev–Trinajstić information content (AvgIpc) is 2.53. The molecule has 15 heavy (non-hydrogen) atoms. The number of nitrogens with one attached hydrogen (secondary N) is 1. The Bertz CT molecular complexity index is 264. The molecule has 0 amide bonds. The van der Waals surface area contributed by atoms with Gasteiger partial charge in [0.25, 0.3) is 0 Å². The normalized spacial score (nSPS) is 14.1.